The Labute approximate surface area is 84.3 Å². The summed E-state index contributed by atoms with van der Waals surface area (Å²) in [4.78, 5) is 0. The van der Waals surface area contributed by atoms with Crippen molar-refractivity contribution in [3.8, 4) is 0 Å². The van der Waals surface area contributed by atoms with Crippen LogP contribution in [0.3, 0.4) is 0 Å². The fourth-order valence-corrected chi connectivity index (χ4v) is 4.93. The van der Waals surface area contributed by atoms with E-state index in [2.05, 4.69) is 24.3 Å². The van der Waals surface area contributed by atoms with Crippen LogP contribution in [0.25, 0.3) is 9.65 Å². The van der Waals surface area contributed by atoms with Crippen molar-refractivity contribution < 1.29 is 0 Å². The van der Waals surface area contributed by atoms with Gasteiger partial charge in [0.2, 0.25) is 0 Å². The third-order valence-electron chi connectivity index (χ3n) is 2.86. The van der Waals surface area contributed by atoms with Gasteiger partial charge in [0.25, 0.3) is 0 Å². The molecule has 0 nitrogen and oxygen atoms in total. The Balaban J connectivity index is 2.34. The standard InChI is InChI=1S/C12H12Se/c1-3-7-11-9(5-1)10-6-2-4-8-12(10)13-11/h1,3,5,7H,2,4,6,8H2. The quantitative estimate of drug-likeness (QED) is 0.616. The molecule has 0 spiro atoms. The maximum absolute atomic E-state index is 2.31. The van der Waals surface area contributed by atoms with Crippen LogP contribution in [0.2, 0.25) is 0 Å². The second-order valence-electron chi connectivity index (χ2n) is 3.71. The van der Waals surface area contributed by atoms with E-state index in [0.717, 1.165) is 0 Å². The molecule has 1 heteroatoms. The molecular weight excluding hydrogens is 223 g/mol. The molecule has 2 aromatic rings. The molecule has 0 amide bonds. The van der Waals surface area contributed by atoms with Crippen LogP contribution in [-0.4, -0.2) is 14.5 Å². The Kier molecular flexibility index (Phi) is 1.81. The van der Waals surface area contributed by atoms with E-state index in [0.29, 0.717) is 14.5 Å². The van der Waals surface area contributed by atoms with Gasteiger partial charge in [-0.3, -0.25) is 0 Å². The van der Waals surface area contributed by atoms with Crippen molar-refractivity contribution in [2.24, 2.45) is 0 Å². The molecule has 0 saturated heterocycles. The zero-order chi connectivity index (χ0) is 8.67. The van der Waals surface area contributed by atoms with E-state index in [1.807, 2.05) is 0 Å². The van der Waals surface area contributed by atoms with Gasteiger partial charge in [-0.2, -0.15) is 0 Å². The van der Waals surface area contributed by atoms with Crippen LogP contribution >= 0.6 is 0 Å². The average molecular weight is 235 g/mol. The van der Waals surface area contributed by atoms with Crippen LogP contribution in [0.15, 0.2) is 24.3 Å². The van der Waals surface area contributed by atoms with Gasteiger partial charge in [-0.05, 0) is 0 Å². The SMILES string of the molecule is c1ccc2c3c([se]c2c1)CCCC3. The zero-order valence-electron chi connectivity index (χ0n) is 7.55. The summed E-state index contributed by atoms with van der Waals surface area (Å²) in [6.07, 6.45) is 5.55. The first-order valence-corrected chi connectivity index (χ1v) is 6.66. The van der Waals surface area contributed by atoms with Crippen LogP contribution < -0.4 is 0 Å². The molecule has 0 fully saturated rings. The fourth-order valence-electron chi connectivity index (χ4n) is 2.21. The van der Waals surface area contributed by atoms with E-state index in [1.54, 1.807) is 19.6 Å². The molecule has 1 aromatic heterocycles. The number of hydrogen-bond donors (Lipinski definition) is 0. The van der Waals surface area contributed by atoms with Crippen molar-refractivity contribution in [3.05, 3.63) is 34.3 Å². The summed E-state index contributed by atoms with van der Waals surface area (Å²) >= 11 is 0.673. The molecule has 13 heavy (non-hydrogen) atoms. The molecule has 3 rings (SSSR count). The Morgan fingerprint density at radius 1 is 1.00 bits per heavy atom. The van der Waals surface area contributed by atoms with E-state index in [9.17, 15) is 0 Å². The Morgan fingerprint density at radius 2 is 1.85 bits per heavy atom. The van der Waals surface area contributed by atoms with E-state index in [4.69, 9.17) is 0 Å². The molecule has 1 heterocycles. The molecule has 1 aliphatic carbocycles. The number of hydrogen-bond acceptors (Lipinski definition) is 0. The molecule has 1 aromatic carbocycles. The number of fused-ring (bicyclic) bond motifs is 3. The van der Waals surface area contributed by atoms with E-state index in [-0.39, 0.29) is 0 Å². The normalized spacial score (nSPS) is 16.0. The molecule has 0 atom stereocenters. The first-order chi connectivity index (χ1) is 6.45. The van der Waals surface area contributed by atoms with E-state index < -0.39 is 0 Å². The molecular formula is C12H12Se. The Hall–Kier alpha value is -0.521. The van der Waals surface area contributed by atoms with E-state index in [1.165, 1.54) is 25.7 Å². The zero-order valence-corrected chi connectivity index (χ0v) is 9.26. The summed E-state index contributed by atoms with van der Waals surface area (Å²) in [5.41, 5.74) is 1.71. The monoisotopic (exact) mass is 236 g/mol. The van der Waals surface area contributed by atoms with Crippen molar-refractivity contribution in [1.29, 1.82) is 0 Å². The molecule has 0 radical (unpaired) electrons. The third kappa shape index (κ3) is 1.19. The summed E-state index contributed by atoms with van der Waals surface area (Å²) in [5, 5.41) is 1.58. The second-order valence-corrected chi connectivity index (χ2v) is 6.09. The van der Waals surface area contributed by atoms with Gasteiger partial charge in [-0.15, -0.1) is 0 Å². The van der Waals surface area contributed by atoms with Crippen molar-refractivity contribution in [3.63, 3.8) is 0 Å². The number of rotatable bonds is 0. The van der Waals surface area contributed by atoms with Crippen LogP contribution in [-0.2, 0) is 12.8 Å². The van der Waals surface area contributed by atoms with Gasteiger partial charge < -0.3 is 0 Å². The topological polar surface area (TPSA) is 0 Å². The number of benzene rings is 1. The van der Waals surface area contributed by atoms with Crippen LogP contribution in [0.1, 0.15) is 22.8 Å². The molecule has 0 bridgehead atoms. The van der Waals surface area contributed by atoms with Gasteiger partial charge >= 0.3 is 84.1 Å². The minimum atomic E-state index is 0.673. The molecule has 0 N–H and O–H groups in total. The molecule has 66 valence electrons. The van der Waals surface area contributed by atoms with Gasteiger partial charge in [-0.25, -0.2) is 0 Å². The summed E-state index contributed by atoms with van der Waals surface area (Å²) < 4.78 is 3.42. The molecule has 1 aliphatic rings. The van der Waals surface area contributed by atoms with Crippen molar-refractivity contribution in [1.82, 2.24) is 0 Å². The second kappa shape index (κ2) is 3.01. The first-order valence-electron chi connectivity index (χ1n) is 4.94. The van der Waals surface area contributed by atoms with Gasteiger partial charge in [0, 0.05) is 0 Å². The Morgan fingerprint density at radius 3 is 2.85 bits per heavy atom. The van der Waals surface area contributed by atoms with Gasteiger partial charge in [0.15, 0.2) is 0 Å². The van der Waals surface area contributed by atoms with Gasteiger partial charge in [0.1, 0.15) is 0 Å². The summed E-state index contributed by atoms with van der Waals surface area (Å²) in [6.45, 7) is 0. The van der Waals surface area contributed by atoms with Crippen molar-refractivity contribution in [2.75, 3.05) is 0 Å². The maximum atomic E-state index is 2.31. The van der Waals surface area contributed by atoms with Crippen LogP contribution in [0.4, 0.5) is 0 Å². The average Bonchev–Trinajstić information content (AvgIpc) is 2.56. The van der Waals surface area contributed by atoms with Crippen molar-refractivity contribution in [2.45, 2.75) is 25.7 Å². The Bertz CT molecular complexity index is 439. The van der Waals surface area contributed by atoms with Gasteiger partial charge in [-0.1, -0.05) is 0 Å². The number of aryl methyl sites for hydroxylation is 2. The predicted molar refractivity (Wildman–Crippen MR) is 57.5 cm³/mol. The molecule has 0 unspecified atom stereocenters. The fraction of sp³-hybridized carbons (Fsp3) is 0.333. The van der Waals surface area contributed by atoms with Crippen molar-refractivity contribution >= 4 is 24.1 Å². The third-order valence-corrected chi connectivity index (χ3v) is 5.53. The first kappa shape index (κ1) is 7.84. The summed E-state index contributed by atoms with van der Waals surface area (Å²) in [7, 11) is 0. The molecule has 0 aliphatic heterocycles. The van der Waals surface area contributed by atoms with Gasteiger partial charge in [0.05, 0.1) is 0 Å². The molecule has 0 saturated carbocycles. The predicted octanol–water partition coefficient (Wildman–Crippen LogP) is 2.78. The minimum absolute atomic E-state index is 0.673. The van der Waals surface area contributed by atoms with Crippen LogP contribution in [0.5, 0.6) is 0 Å². The summed E-state index contributed by atoms with van der Waals surface area (Å²) in [5.74, 6) is 0. The van der Waals surface area contributed by atoms with E-state index >= 15 is 0 Å². The summed E-state index contributed by atoms with van der Waals surface area (Å²) in [6, 6.07) is 8.98. The van der Waals surface area contributed by atoms with Crippen LogP contribution in [0, 0.1) is 0 Å².